The van der Waals surface area contributed by atoms with Gasteiger partial charge in [-0.05, 0) is 68.1 Å². The van der Waals surface area contributed by atoms with Crippen LogP contribution in [0.25, 0.3) is 0 Å². The normalized spacial score (nSPS) is 20.9. The zero-order chi connectivity index (χ0) is 35.9. The van der Waals surface area contributed by atoms with Crippen molar-refractivity contribution >= 4 is 43.9 Å². The summed E-state index contributed by atoms with van der Waals surface area (Å²) >= 11 is 1.18. The molecule has 0 aromatic heterocycles. The lowest BCUT2D eigenvalue weighted by molar-refractivity contribution is -0.196. The van der Waals surface area contributed by atoms with Crippen LogP contribution in [0.4, 0.5) is 0 Å². The number of benzene rings is 4. The number of rotatable bonds is 13. The Morgan fingerprint density at radius 1 is 0.640 bits per heavy atom. The molecule has 4 aromatic rings. The minimum absolute atomic E-state index is 0.127. The molecular formula is C36H36O11S3. The number of esters is 2. The zero-order valence-electron chi connectivity index (χ0n) is 27.4. The first-order valence-electron chi connectivity index (χ1n) is 15.6. The van der Waals surface area contributed by atoms with Crippen LogP contribution in [0.3, 0.4) is 0 Å². The third-order valence-corrected chi connectivity index (χ3v) is 11.3. The molecule has 1 aliphatic rings. The highest BCUT2D eigenvalue weighted by Gasteiger charge is 2.53. The summed E-state index contributed by atoms with van der Waals surface area (Å²) in [5.41, 5.74) is 0.855. The van der Waals surface area contributed by atoms with Crippen molar-refractivity contribution in [3.63, 3.8) is 0 Å². The molecule has 50 heavy (non-hydrogen) atoms. The van der Waals surface area contributed by atoms with E-state index in [9.17, 15) is 26.4 Å². The minimum Gasteiger partial charge on any atom is -0.452 e. The van der Waals surface area contributed by atoms with E-state index >= 15 is 0 Å². The molecule has 0 N–H and O–H groups in total. The molecule has 14 heteroatoms. The molecule has 0 amide bonds. The van der Waals surface area contributed by atoms with Crippen LogP contribution in [-0.4, -0.2) is 71.0 Å². The van der Waals surface area contributed by atoms with Crippen molar-refractivity contribution in [2.24, 2.45) is 0 Å². The number of thioether (sulfide) groups is 1. The highest BCUT2D eigenvalue weighted by atomic mass is 32.2. The van der Waals surface area contributed by atoms with Crippen LogP contribution >= 0.6 is 11.8 Å². The van der Waals surface area contributed by atoms with E-state index in [0.29, 0.717) is 5.75 Å². The van der Waals surface area contributed by atoms with E-state index in [1.807, 2.05) is 6.92 Å². The smallest absolute Gasteiger partial charge is 0.338 e. The SMILES string of the molecule is CCS[C@@H]1O[C@H](COS(=O)(=O)c2ccc(C)cc2)[C@@H](OS(=O)(=O)c2ccc(C)cc2)[C@H](OC(=O)c2ccccc2)[C@H]1OC(=O)c1ccccc1. The van der Waals surface area contributed by atoms with E-state index in [2.05, 4.69) is 0 Å². The summed E-state index contributed by atoms with van der Waals surface area (Å²) < 4.78 is 83.5. The van der Waals surface area contributed by atoms with Gasteiger partial charge in [-0.3, -0.25) is 8.37 Å². The summed E-state index contributed by atoms with van der Waals surface area (Å²) in [4.78, 5) is 26.7. The first-order valence-corrected chi connectivity index (χ1v) is 19.5. The number of hydrogen-bond acceptors (Lipinski definition) is 12. The monoisotopic (exact) mass is 740 g/mol. The van der Waals surface area contributed by atoms with Gasteiger partial charge in [0.1, 0.15) is 17.6 Å². The Morgan fingerprint density at radius 2 is 1.10 bits per heavy atom. The molecule has 5 rings (SSSR count). The molecule has 1 fully saturated rings. The second kappa shape index (κ2) is 16.3. The highest BCUT2D eigenvalue weighted by Crippen LogP contribution is 2.36. The maximum atomic E-state index is 13.8. The average molecular weight is 741 g/mol. The van der Waals surface area contributed by atoms with Gasteiger partial charge in [-0.25, -0.2) is 9.59 Å². The van der Waals surface area contributed by atoms with Crippen LogP contribution in [-0.2, 0) is 42.8 Å². The molecular weight excluding hydrogens is 705 g/mol. The van der Waals surface area contributed by atoms with E-state index in [0.717, 1.165) is 11.1 Å². The molecule has 1 heterocycles. The van der Waals surface area contributed by atoms with Crippen molar-refractivity contribution in [3.8, 4) is 0 Å². The summed E-state index contributed by atoms with van der Waals surface area (Å²) in [6, 6.07) is 27.8. The molecule has 0 saturated carbocycles. The van der Waals surface area contributed by atoms with Crippen LogP contribution in [0, 0.1) is 13.8 Å². The van der Waals surface area contributed by atoms with Gasteiger partial charge in [-0.2, -0.15) is 16.8 Å². The van der Waals surface area contributed by atoms with Gasteiger partial charge in [0.05, 0.1) is 27.5 Å². The maximum Gasteiger partial charge on any atom is 0.338 e. The molecule has 4 aromatic carbocycles. The lowest BCUT2D eigenvalue weighted by Crippen LogP contribution is -2.61. The third kappa shape index (κ3) is 9.19. The van der Waals surface area contributed by atoms with Crippen LogP contribution in [0.2, 0.25) is 0 Å². The molecule has 0 spiro atoms. The molecule has 1 saturated heterocycles. The topological polar surface area (TPSA) is 149 Å². The summed E-state index contributed by atoms with van der Waals surface area (Å²) in [6.45, 7) is 4.66. The number of carbonyl (C=O) groups excluding carboxylic acids is 2. The van der Waals surface area contributed by atoms with Gasteiger partial charge < -0.3 is 14.2 Å². The van der Waals surface area contributed by atoms with Gasteiger partial charge in [-0.1, -0.05) is 78.7 Å². The minimum atomic E-state index is -4.61. The number of aryl methyl sites for hydroxylation is 2. The van der Waals surface area contributed by atoms with Crippen LogP contribution in [0.15, 0.2) is 119 Å². The van der Waals surface area contributed by atoms with Crippen molar-refractivity contribution in [2.45, 2.75) is 60.4 Å². The lowest BCUT2D eigenvalue weighted by atomic mass is 9.99. The molecule has 0 aliphatic carbocycles. The molecule has 0 bridgehead atoms. The second-order valence-electron chi connectivity index (χ2n) is 11.3. The Balaban J connectivity index is 1.58. The van der Waals surface area contributed by atoms with Gasteiger partial charge in [0.2, 0.25) is 0 Å². The van der Waals surface area contributed by atoms with Crippen molar-refractivity contribution in [1.82, 2.24) is 0 Å². The first kappa shape index (κ1) is 37.2. The fourth-order valence-corrected chi connectivity index (χ4v) is 8.03. The average Bonchev–Trinajstić information content (AvgIpc) is 3.11. The molecule has 1 aliphatic heterocycles. The van der Waals surface area contributed by atoms with Crippen molar-refractivity contribution in [3.05, 3.63) is 131 Å². The predicted molar refractivity (Wildman–Crippen MR) is 186 cm³/mol. The fraction of sp³-hybridized carbons (Fsp3) is 0.278. The van der Waals surface area contributed by atoms with Gasteiger partial charge in [0.25, 0.3) is 20.2 Å². The summed E-state index contributed by atoms with van der Waals surface area (Å²) in [7, 11) is -8.98. The van der Waals surface area contributed by atoms with Crippen LogP contribution < -0.4 is 0 Å². The largest absolute Gasteiger partial charge is 0.452 e. The Labute approximate surface area is 296 Å². The number of carbonyl (C=O) groups is 2. The second-order valence-corrected chi connectivity index (χ2v) is 15.9. The maximum absolute atomic E-state index is 13.8. The third-order valence-electron chi connectivity index (χ3n) is 7.67. The molecule has 0 radical (unpaired) electrons. The van der Waals surface area contributed by atoms with E-state index < -0.39 is 68.6 Å². The Morgan fingerprint density at radius 3 is 1.58 bits per heavy atom. The summed E-state index contributed by atoms with van der Waals surface area (Å²) in [5, 5.41) is 0. The van der Waals surface area contributed by atoms with Gasteiger partial charge in [0.15, 0.2) is 12.2 Å². The van der Waals surface area contributed by atoms with Crippen molar-refractivity contribution < 1.29 is 49.0 Å². The molecule has 11 nitrogen and oxygen atoms in total. The van der Waals surface area contributed by atoms with Gasteiger partial charge in [-0.15, -0.1) is 11.8 Å². The predicted octanol–water partition coefficient (Wildman–Crippen LogP) is 5.71. The van der Waals surface area contributed by atoms with Crippen molar-refractivity contribution in [2.75, 3.05) is 12.4 Å². The molecule has 5 atom stereocenters. The van der Waals surface area contributed by atoms with E-state index in [4.69, 9.17) is 22.6 Å². The molecule has 0 unspecified atom stereocenters. The van der Waals surface area contributed by atoms with E-state index in [-0.39, 0.29) is 20.9 Å². The number of hydrogen-bond donors (Lipinski definition) is 0. The standard InChI is InChI=1S/C36H36O11S3/c1-4-48-36-33(46-35(38)27-13-9-6-10-14-27)32(45-34(37)26-11-7-5-8-12-26)31(47-50(41,42)29-21-17-25(3)18-22-29)30(44-36)23-43-49(39,40)28-19-15-24(2)16-20-28/h5-22,30-33,36H,4,23H2,1-3H3/t30-,31-,32+,33-,36+/m1/s1. The zero-order valence-corrected chi connectivity index (χ0v) is 29.9. The quantitative estimate of drug-likeness (QED) is 0.122. The lowest BCUT2D eigenvalue weighted by Gasteiger charge is -2.44. The number of ether oxygens (including phenoxy) is 3. The Kier molecular flexibility index (Phi) is 12.1. The van der Waals surface area contributed by atoms with Crippen LogP contribution in [0.1, 0.15) is 38.8 Å². The first-order chi connectivity index (χ1) is 23.9. The highest BCUT2D eigenvalue weighted by molar-refractivity contribution is 7.99. The molecule has 264 valence electrons. The fourth-order valence-electron chi connectivity index (χ4n) is 5.05. The van der Waals surface area contributed by atoms with Gasteiger partial charge >= 0.3 is 11.9 Å². The van der Waals surface area contributed by atoms with Gasteiger partial charge in [0, 0.05) is 0 Å². The summed E-state index contributed by atoms with van der Waals surface area (Å²) in [5.74, 6) is -1.24. The Hall–Kier alpha value is -4.05. The Bertz CT molecular complexity index is 1970. The summed E-state index contributed by atoms with van der Waals surface area (Å²) in [6.07, 6.45) is -6.24. The van der Waals surface area contributed by atoms with Crippen molar-refractivity contribution in [1.29, 1.82) is 0 Å². The van der Waals surface area contributed by atoms with E-state index in [1.165, 1.54) is 60.3 Å². The van der Waals surface area contributed by atoms with E-state index in [1.54, 1.807) is 74.5 Å². The van der Waals surface area contributed by atoms with Crippen LogP contribution in [0.5, 0.6) is 0 Å².